The van der Waals surface area contributed by atoms with E-state index in [2.05, 4.69) is 50.0 Å². The van der Waals surface area contributed by atoms with Crippen LogP contribution in [0.5, 0.6) is 0 Å². The van der Waals surface area contributed by atoms with Crippen LogP contribution >= 0.6 is 15.9 Å². The second-order valence-corrected chi connectivity index (χ2v) is 6.03. The van der Waals surface area contributed by atoms with Gasteiger partial charge in [0.15, 0.2) is 0 Å². The minimum atomic E-state index is 0.788. The van der Waals surface area contributed by atoms with Gasteiger partial charge in [0.1, 0.15) is 0 Å². The average molecular weight is 295 g/mol. The molecule has 1 atom stereocenters. The van der Waals surface area contributed by atoms with Crippen molar-refractivity contribution >= 4 is 21.6 Å². The van der Waals surface area contributed by atoms with Gasteiger partial charge in [0.05, 0.1) is 0 Å². The van der Waals surface area contributed by atoms with E-state index in [9.17, 15) is 0 Å². The summed E-state index contributed by atoms with van der Waals surface area (Å²) < 4.78 is 1.18. The van der Waals surface area contributed by atoms with Crippen LogP contribution in [0.25, 0.3) is 0 Å². The first kappa shape index (κ1) is 11.5. The first-order chi connectivity index (χ1) is 8.33. The number of hydrogen-bond acceptors (Lipinski definition) is 2. The molecule has 2 aliphatic heterocycles. The molecule has 17 heavy (non-hydrogen) atoms. The van der Waals surface area contributed by atoms with Gasteiger partial charge in [-0.1, -0.05) is 22.0 Å². The molecular formula is C14H19BrN2. The SMILES string of the molecule is Brc1cccc(N2CCC[C@H](N3CCC3)C2)c1. The van der Waals surface area contributed by atoms with Gasteiger partial charge >= 0.3 is 0 Å². The van der Waals surface area contributed by atoms with Crippen LogP contribution in [0.3, 0.4) is 0 Å². The largest absolute Gasteiger partial charge is 0.370 e. The maximum atomic E-state index is 3.56. The first-order valence-corrected chi connectivity index (χ1v) is 7.37. The highest BCUT2D eigenvalue weighted by Crippen LogP contribution is 2.26. The zero-order valence-corrected chi connectivity index (χ0v) is 11.7. The highest BCUT2D eigenvalue weighted by Gasteiger charge is 2.28. The predicted molar refractivity (Wildman–Crippen MR) is 75.6 cm³/mol. The molecule has 92 valence electrons. The van der Waals surface area contributed by atoms with Gasteiger partial charge in [-0.15, -0.1) is 0 Å². The van der Waals surface area contributed by atoms with E-state index in [0.29, 0.717) is 0 Å². The molecule has 3 heteroatoms. The second-order valence-electron chi connectivity index (χ2n) is 5.11. The van der Waals surface area contributed by atoms with Crippen LogP contribution in [0.15, 0.2) is 28.7 Å². The Hall–Kier alpha value is -0.540. The first-order valence-electron chi connectivity index (χ1n) is 6.57. The van der Waals surface area contributed by atoms with E-state index in [1.807, 2.05) is 0 Å². The van der Waals surface area contributed by atoms with Crippen molar-refractivity contribution in [2.75, 3.05) is 31.1 Å². The molecular weight excluding hydrogens is 276 g/mol. The van der Waals surface area contributed by atoms with Crippen molar-refractivity contribution in [1.82, 2.24) is 4.90 Å². The maximum absolute atomic E-state index is 3.56. The van der Waals surface area contributed by atoms with Gasteiger partial charge in [0.2, 0.25) is 0 Å². The number of hydrogen-bond donors (Lipinski definition) is 0. The fraction of sp³-hybridized carbons (Fsp3) is 0.571. The molecule has 1 aromatic carbocycles. The lowest BCUT2D eigenvalue weighted by Gasteiger charge is -2.44. The Kier molecular flexibility index (Phi) is 3.39. The Morgan fingerprint density at radius 1 is 1.12 bits per heavy atom. The predicted octanol–water partition coefficient (Wildman–Crippen LogP) is 3.12. The molecule has 1 aromatic rings. The van der Waals surface area contributed by atoms with Crippen molar-refractivity contribution in [2.45, 2.75) is 25.3 Å². The minimum Gasteiger partial charge on any atom is -0.370 e. The minimum absolute atomic E-state index is 0.788. The molecule has 0 saturated carbocycles. The van der Waals surface area contributed by atoms with E-state index in [1.165, 1.54) is 55.6 Å². The Labute approximate surface area is 112 Å². The molecule has 0 unspecified atom stereocenters. The molecule has 2 saturated heterocycles. The summed E-state index contributed by atoms with van der Waals surface area (Å²) in [7, 11) is 0. The van der Waals surface area contributed by atoms with Gasteiger partial charge in [-0.05, 0) is 50.6 Å². The van der Waals surface area contributed by atoms with Crippen molar-refractivity contribution < 1.29 is 0 Å². The topological polar surface area (TPSA) is 6.48 Å². The summed E-state index contributed by atoms with van der Waals surface area (Å²) in [5.74, 6) is 0. The third-order valence-electron chi connectivity index (χ3n) is 3.98. The van der Waals surface area contributed by atoms with Crippen molar-refractivity contribution in [3.8, 4) is 0 Å². The summed E-state index contributed by atoms with van der Waals surface area (Å²) in [6, 6.07) is 9.48. The van der Waals surface area contributed by atoms with Gasteiger partial charge < -0.3 is 4.90 Å². The molecule has 2 heterocycles. The molecule has 0 radical (unpaired) electrons. The van der Waals surface area contributed by atoms with Crippen molar-refractivity contribution in [1.29, 1.82) is 0 Å². The van der Waals surface area contributed by atoms with Crippen LogP contribution < -0.4 is 4.90 Å². The third kappa shape index (κ3) is 2.50. The van der Waals surface area contributed by atoms with Crippen LogP contribution in [0.2, 0.25) is 0 Å². The normalized spacial score (nSPS) is 25.7. The van der Waals surface area contributed by atoms with Gasteiger partial charge in [-0.2, -0.15) is 0 Å². The van der Waals surface area contributed by atoms with E-state index < -0.39 is 0 Å². The van der Waals surface area contributed by atoms with Gasteiger partial charge in [0.25, 0.3) is 0 Å². The number of rotatable bonds is 2. The fourth-order valence-electron chi connectivity index (χ4n) is 2.87. The monoisotopic (exact) mass is 294 g/mol. The van der Waals surface area contributed by atoms with Gasteiger partial charge in [-0.3, -0.25) is 4.90 Å². The van der Waals surface area contributed by atoms with Gasteiger partial charge in [-0.25, -0.2) is 0 Å². The van der Waals surface area contributed by atoms with Crippen LogP contribution in [-0.2, 0) is 0 Å². The van der Waals surface area contributed by atoms with Crippen molar-refractivity contribution in [2.24, 2.45) is 0 Å². The summed E-state index contributed by atoms with van der Waals surface area (Å²) in [4.78, 5) is 5.18. The summed E-state index contributed by atoms with van der Waals surface area (Å²) in [5.41, 5.74) is 1.37. The molecule has 2 fully saturated rings. The van der Waals surface area contributed by atoms with Crippen molar-refractivity contribution in [3.63, 3.8) is 0 Å². The number of halogens is 1. The molecule has 0 bridgehead atoms. The number of benzene rings is 1. The molecule has 2 aliphatic rings. The van der Waals surface area contributed by atoms with Gasteiger partial charge in [0, 0.05) is 29.3 Å². The fourth-order valence-corrected chi connectivity index (χ4v) is 3.25. The smallest absolute Gasteiger partial charge is 0.0378 e. The Morgan fingerprint density at radius 2 is 2.00 bits per heavy atom. The zero-order valence-electron chi connectivity index (χ0n) is 10.1. The molecule has 0 amide bonds. The lowest BCUT2D eigenvalue weighted by Crippen LogP contribution is -2.53. The number of piperidine rings is 1. The lowest BCUT2D eigenvalue weighted by atomic mass is 10.00. The highest BCUT2D eigenvalue weighted by molar-refractivity contribution is 9.10. The summed E-state index contributed by atoms with van der Waals surface area (Å²) in [6.45, 7) is 5.05. The second kappa shape index (κ2) is 4.99. The Balaban J connectivity index is 1.70. The Morgan fingerprint density at radius 3 is 2.71 bits per heavy atom. The standard InChI is InChI=1S/C14H19BrN2/c15-12-4-1-5-13(10-12)17-7-2-6-14(11-17)16-8-3-9-16/h1,4-5,10,14H,2-3,6-9,11H2/t14-/m0/s1. The van der Waals surface area contributed by atoms with Crippen LogP contribution in [0.4, 0.5) is 5.69 Å². The number of likely N-dealkylation sites (tertiary alicyclic amines) is 1. The Bertz CT molecular complexity index is 390. The lowest BCUT2D eigenvalue weighted by molar-refractivity contribution is 0.106. The summed E-state index contributed by atoms with van der Waals surface area (Å²) in [5, 5.41) is 0. The van der Waals surface area contributed by atoms with E-state index in [1.54, 1.807) is 0 Å². The maximum Gasteiger partial charge on any atom is 0.0378 e. The molecule has 0 spiro atoms. The summed E-state index contributed by atoms with van der Waals surface area (Å²) >= 11 is 3.56. The third-order valence-corrected chi connectivity index (χ3v) is 4.47. The number of nitrogens with zero attached hydrogens (tertiary/aromatic N) is 2. The van der Waals surface area contributed by atoms with E-state index >= 15 is 0 Å². The zero-order chi connectivity index (χ0) is 11.7. The molecule has 0 aromatic heterocycles. The molecule has 2 nitrogen and oxygen atoms in total. The van der Waals surface area contributed by atoms with Crippen LogP contribution in [0.1, 0.15) is 19.3 Å². The summed E-state index contributed by atoms with van der Waals surface area (Å²) in [6.07, 6.45) is 4.10. The number of anilines is 1. The van der Waals surface area contributed by atoms with E-state index in [-0.39, 0.29) is 0 Å². The molecule has 0 aliphatic carbocycles. The van der Waals surface area contributed by atoms with E-state index in [4.69, 9.17) is 0 Å². The van der Waals surface area contributed by atoms with Crippen LogP contribution in [0, 0.1) is 0 Å². The molecule has 0 N–H and O–H groups in total. The quantitative estimate of drug-likeness (QED) is 0.827. The van der Waals surface area contributed by atoms with E-state index in [0.717, 1.165) is 6.04 Å². The van der Waals surface area contributed by atoms with Crippen LogP contribution in [-0.4, -0.2) is 37.1 Å². The highest BCUT2D eigenvalue weighted by atomic mass is 79.9. The average Bonchev–Trinajstić information content (AvgIpc) is 2.27. The molecule has 3 rings (SSSR count). The van der Waals surface area contributed by atoms with Crippen molar-refractivity contribution in [3.05, 3.63) is 28.7 Å².